The predicted octanol–water partition coefficient (Wildman–Crippen LogP) is 2.16. The van der Waals surface area contributed by atoms with E-state index < -0.39 is 34.3 Å². The number of hydrogen-bond acceptors (Lipinski definition) is 7. The molecule has 0 aromatic heterocycles. The Kier molecular flexibility index (Phi) is 7.05. The van der Waals surface area contributed by atoms with Gasteiger partial charge in [0.1, 0.15) is 5.92 Å². The Morgan fingerprint density at radius 2 is 1.96 bits per heavy atom. The van der Waals surface area contributed by atoms with Gasteiger partial charge in [-0.05, 0) is 51.0 Å². The quantitative estimate of drug-likeness (QED) is 0.547. The zero-order valence-corrected chi connectivity index (χ0v) is 16.7. The van der Waals surface area contributed by atoms with Crippen LogP contribution >= 0.6 is 0 Å². The molecular formula is C19H23N3O5S. The Hall–Kier alpha value is -2.57. The molecule has 0 saturated carbocycles. The molecule has 0 spiro atoms. The summed E-state index contributed by atoms with van der Waals surface area (Å²) in [6.45, 7) is 3.06. The highest BCUT2D eigenvalue weighted by atomic mass is 32.2. The van der Waals surface area contributed by atoms with Crippen LogP contribution in [0, 0.1) is 22.7 Å². The molecule has 1 N–H and O–H groups in total. The minimum Gasteiger partial charge on any atom is -0.454 e. The first-order valence-corrected chi connectivity index (χ1v) is 10.4. The third-order valence-corrected chi connectivity index (χ3v) is 6.70. The van der Waals surface area contributed by atoms with Crippen LogP contribution in [0.25, 0.3) is 0 Å². The number of piperidine rings is 1. The Morgan fingerprint density at radius 1 is 1.32 bits per heavy atom. The van der Waals surface area contributed by atoms with Gasteiger partial charge < -0.3 is 10.1 Å². The van der Waals surface area contributed by atoms with Crippen molar-refractivity contribution in [3.8, 4) is 6.07 Å². The molecule has 1 aliphatic heterocycles. The summed E-state index contributed by atoms with van der Waals surface area (Å²) in [7, 11) is -3.64. The number of nitrogens with one attached hydrogen (secondary N) is 1. The summed E-state index contributed by atoms with van der Waals surface area (Å²) in [4.78, 5) is 24.0. The van der Waals surface area contributed by atoms with E-state index in [-0.39, 0.29) is 22.2 Å². The summed E-state index contributed by atoms with van der Waals surface area (Å²) in [6, 6.07) is 6.96. The summed E-state index contributed by atoms with van der Waals surface area (Å²) < 4.78 is 31.9. The molecule has 1 aromatic carbocycles. The number of esters is 1. The van der Waals surface area contributed by atoms with Gasteiger partial charge in [-0.2, -0.15) is 9.57 Å². The van der Waals surface area contributed by atoms with Crippen molar-refractivity contribution in [1.82, 2.24) is 4.31 Å². The fraction of sp³-hybridized carbons (Fsp3) is 0.474. The van der Waals surface area contributed by atoms with Crippen molar-refractivity contribution < 1.29 is 22.7 Å². The van der Waals surface area contributed by atoms with Gasteiger partial charge in [0.15, 0.2) is 12.4 Å². The van der Waals surface area contributed by atoms with Crippen molar-refractivity contribution in [1.29, 1.82) is 10.7 Å². The van der Waals surface area contributed by atoms with Crippen LogP contribution in [-0.2, 0) is 19.6 Å². The smallest absolute Gasteiger partial charge is 0.338 e. The molecule has 0 bridgehead atoms. The van der Waals surface area contributed by atoms with Crippen molar-refractivity contribution in [3.05, 3.63) is 29.8 Å². The van der Waals surface area contributed by atoms with E-state index in [4.69, 9.17) is 15.4 Å². The second-order valence-electron chi connectivity index (χ2n) is 6.77. The van der Waals surface area contributed by atoms with Crippen LogP contribution in [0.4, 0.5) is 0 Å². The standard InChI is InChI=1S/C19H23N3O5S/c1-13-5-3-4-10-22(13)28(25,26)16-8-6-15(7-9-16)19(24)27-12-18(23)17(11-20)14(2)21/h6-9,13,17,21H,3-5,10,12H2,1-2H3/t13-,17-/m1/s1. The van der Waals surface area contributed by atoms with Gasteiger partial charge in [0.2, 0.25) is 10.0 Å². The fourth-order valence-corrected chi connectivity index (χ4v) is 4.74. The lowest BCUT2D eigenvalue weighted by atomic mass is 10.0. The first-order chi connectivity index (χ1) is 13.2. The van der Waals surface area contributed by atoms with E-state index in [0.717, 1.165) is 19.3 Å². The molecule has 1 fully saturated rings. The topological polar surface area (TPSA) is 128 Å². The van der Waals surface area contributed by atoms with E-state index in [1.54, 1.807) is 6.07 Å². The third kappa shape index (κ3) is 4.82. The largest absolute Gasteiger partial charge is 0.454 e. The summed E-state index contributed by atoms with van der Waals surface area (Å²) >= 11 is 0. The number of carbonyl (C=O) groups is 2. The van der Waals surface area contributed by atoms with E-state index in [9.17, 15) is 18.0 Å². The Balaban J connectivity index is 2.05. The summed E-state index contributed by atoms with van der Waals surface area (Å²) in [5.74, 6) is -2.73. The van der Waals surface area contributed by atoms with Crippen LogP contribution in [-0.4, -0.2) is 49.4 Å². The summed E-state index contributed by atoms with van der Waals surface area (Å²) in [5, 5.41) is 16.2. The highest BCUT2D eigenvalue weighted by Crippen LogP contribution is 2.25. The van der Waals surface area contributed by atoms with Crippen LogP contribution in [0.5, 0.6) is 0 Å². The highest BCUT2D eigenvalue weighted by Gasteiger charge is 2.31. The number of carbonyl (C=O) groups excluding carboxylic acids is 2. The molecule has 1 saturated heterocycles. The number of hydrogen-bond donors (Lipinski definition) is 1. The third-order valence-electron chi connectivity index (χ3n) is 4.67. The van der Waals surface area contributed by atoms with E-state index in [2.05, 4.69) is 0 Å². The van der Waals surface area contributed by atoms with E-state index >= 15 is 0 Å². The van der Waals surface area contributed by atoms with Crippen molar-refractivity contribution in [2.45, 2.75) is 44.0 Å². The maximum atomic E-state index is 12.8. The molecular weight excluding hydrogens is 382 g/mol. The van der Waals surface area contributed by atoms with Crippen LogP contribution in [0.15, 0.2) is 29.2 Å². The molecule has 0 amide bonds. The molecule has 0 radical (unpaired) electrons. The molecule has 0 aliphatic carbocycles. The van der Waals surface area contributed by atoms with Crippen molar-refractivity contribution in [2.75, 3.05) is 13.2 Å². The number of ketones is 1. The molecule has 8 nitrogen and oxygen atoms in total. The first kappa shape index (κ1) is 21.7. The average Bonchev–Trinajstić information content (AvgIpc) is 2.66. The average molecular weight is 405 g/mol. The van der Waals surface area contributed by atoms with Crippen LogP contribution < -0.4 is 0 Å². The SMILES string of the molecule is CC(=N)[C@@H](C#N)C(=O)COC(=O)c1ccc(S(=O)(=O)N2CCCC[C@H]2C)cc1. The second-order valence-corrected chi connectivity index (χ2v) is 8.66. The predicted molar refractivity (Wildman–Crippen MR) is 101 cm³/mol. The zero-order chi connectivity index (χ0) is 20.9. The summed E-state index contributed by atoms with van der Waals surface area (Å²) in [6.07, 6.45) is 2.64. The van der Waals surface area contributed by atoms with Gasteiger partial charge in [-0.25, -0.2) is 13.2 Å². The molecule has 2 rings (SSSR count). The van der Waals surface area contributed by atoms with Gasteiger partial charge in [0.05, 0.1) is 16.5 Å². The van der Waals surface area contributed by atoms with Gasteiger partial charge in [0, 0.05) is 18.3 Å². The van der Waals surface area contributed by atoms with E-state index in [1.165, 1.54) is 35.5 Å². The lowest BCUT2D eigenvalue weighted by Gasteiger charge is -2.32. The van der Waals surface area contributed by atoms with Crippen molar-refractivity contribution in [2.24, 2.45) is 5.92 Å². The molecule has 1 aromatic rings. The van der Waals surface area contributed by atoms with E-state index in [1.807, 2.05) is 6.92 Å². The van der Waals surface area contributed by atoms with Crippen LogP contribution in [0.3, 0.4) is 0 Å². The molecule has 28 heavy (non-hydrogen) atoms. The lowest BCUT2D eigenvalue weighted by molar-refractivity contribution is -0.122. The number of ether oxygens (including phenoxy) is 1. The normalized spacial score (nSPS) is 18.7. The fourth-order valence-electron chi connectivity index (χ4n) is 3.04. The number of nitriles is 1. The zero-order valence-electron chi connectivity index (χ0n) is 15.8. The number of nitrogens with zero attached hydrogens (tertiary/aromatic N) is 2. The Labute approximate surface area is 164 Å². The molecule has 9 heteroatoms. The lowest BCUT2D eigenvalue weighted by Crippen LogP contribution is -2.41. The molecule has 2 atom stereocenters. The Bertz CT molecular complexity index is 902. The second kappa shape index (κ2) is 9.08. The highest BCUT2D eigenvalue weighted by molar-refractivity contribution is 7.89. The van der Waals surface area contributed by atoms with Gasteiger partial charge in [-0.15, -0.1) is 0 Å². The molecule has 150 valence electrons. The van der Waals surface area contributed by atoms with E-state index in [0.29, 0.717) is 6.54 Å². The number of rotatable bonds is 7. The first-order valence-electron chi connectivity index (χ1n) is 8.95. The summed E-state index contributed by atoms with van der Waals surface area (Å²) in [5.41, 5.74) is -0.0245. The van der Waals surface area contributed by atoms with Gasteiger partial charge >= 0.3 is 5.97 Å². The minimum atomic E-state index is -3.64. The van der Waals surface area contributed by atoms with Crippen molar-refractivity contribution in [3.63, 3.8) is 0 Å². The monoisotopic (exact) mass is 405 g/mol. The van der Waals surface area contributed by atoms with Gasteiger partial charge in [0.25, 0.3) is 0 Å². The maximum absolute atomic E-state index is 12.8. The molecule has 0 unspecified atom stereocenters. The maximum Gasteiger partial charge on any atom is 0.338 e. The Morgan fingerprint density at radius 3 is 2.50 bits per heavy atom. The van der Waals surface area contributed by atoms with Gasteiger partial charge in [-0.3, -0.25) is 4.79 Å². The molecule has 1 aliphatic rings. The minimum absolute atomic E-state index is 0.0696. The number of Topliss-reactive ketones (excluding diaryl/α,β-unsaturated/α-hetero) is 1. The van der Waals surface area contributed by atoms with Crippen molar-refractivity contribution >= 4 is 27.5 Å². The molecule has 1 heterocycles. The van der Waals surface area contributed by atoms with Gasteiger partial charge in [-0.1, -0.05) is 6.42 Å². The number of benzene rings is 1. The number of sulfonamides is 1. The van der Waals surface area contributed by atoms with Crippen LogP contribution in [0.1, 0.15) is 43.5 Å². The van der Waals surface area contributed by atoms with Crippen LogP contribution in [0.2, 0.25) is 0 Å².